The average molecular weight is 263 g/mol. The summed E-state index contributed by atoms with van der Waals surface area (Å²) in [4.78, 5) is 13.2. The van der Waals surface area contributed by atoms with Crippen LogP contribution in [0.25, 0.3) is 0 Å². The van der Waals surface area contributed by atoms with Crippen LogP contribution in [0.4, 0.5) is 0 Å². The molecule has 0 spiro atoms. The Labute approximate surface area is 114 Å². The first-order chi connectivity index (χ1) is 9.15. The largest absolute Gasteiger partial charge is 0.478 e. The van der Waals surface area contributed by atoms with Gasteiger partial charge in [-0.25, -0.2) is 4.79 Å². The van der Waals surface area contributed by atoms with Crippen molar-refractivity contribution in [3.63, 3.8) is 0 Å². The van der Waals surface area contributed by atoms with Crippen molar-refractivity contribution in [1.82, 2.24) is 4.90 Å². The Kier molecular flexibility index (Phi) is 4.93. The van der Waals surface area contributed by atoms with E-state index in [1.54, 1.807) is 18.2 Å². The van der Waals surface area contributed by atoms with Crippen molar-refractivity contribution >= 4 is 5.97 Å². The molecule has 1 unspecified atom stereocenters. The number of carbonyl (C=O) groups is 1. The molecule has 4 heteroatoms. The molecule has 1 heterocycles. The molecule has 4 nitrogen and oxygen atoms in total. The van der Waals surface area contributed by atoms with E-state index in [4.69, 9.17) is 9.84 Å². The van der Waals surface area contributed by atoms with Gasteiger partial charge in [0.15, 0.2) is 0 Å². The zero-order chi connectivity index (χ0) is 13.7. The number of aromatic carboxylic acids is 1. The molecule has 1 fully saturated rings. The predicted octanol–water partition coefficient (Wildman–Crippen LogP) is 2.24. The highest BCUT2D eigenvalue weighted by Crippen LogP contribution is 2.16. The molecule has 1 atom stereocenters. The van der Waals surface area contributed by atoms with Crippen molar-refractivity contribution in [3.8, 4) is 0 Å². The van der Waals surface area contributed by atoms with Gasteiger partial charge in [0.05, 0.1) is 12.2 Å². The van der Waals surface area contributed by atoms with E-state index < -0.39 is 5.97 Å². The molecular formula is C15H21NO3. The van der Waals surface area contributed by atoms with E-state index in [1.807, 2.05) is 6.07 Å². The highest BCUT2D eigenvalue weighted by Gasteiger charge is 2.16. The number of rotatable bonds is 5. The van der Waals surface area contributed by atoms with Gasteiger partial charge in [0.25, 0.3) is 0 Å². The van der Waals surface area contributed by atoms with E-state index in [0.717, 1.165) is 38.3 Å². The van der Waals surface area contributed by atoms with E-state index >= 15 is 0 Å². The van der Waals surface area contributed by atoms with Crippen molar-refractivity contribution in [2.45, 2.75) is 19.4 Å². The van der Waals surface area contributed by atoms with Crippen LogP contribution in [0.5, 0.6) is 0 Å². The summed E-state index contributed by atoms with van der Waals surface area (Å²) in [6, 6.07) is 7.15. The summed E-state index contributed by atoms with van der Waals surface area (Å²) in [6.45, 7) is 3.51. The van der Waals surface area contributed by atoms with Crippen LogP contribution in [0.1, 0.15) is 28.8 Å². The molecule has 1 aromatic rings. The van der Waals surface area contributed by atoms with Crippen LogP contribution in [0.3, 0.4) is 0 Å². The van der Waals surface area contributed by atoms with Gasteiger partial charge in [-0.05, 0) is 43.5 Å². The van der Waals surface area contributed by atoms with E-state index in [2.05, 4.69) is 11.9 Å². The van der Waals surface area contributed by atoms with Crippen LogP contribution in [-0.4, -0.2) is 42.8 Å². The van der Waals surface area contributed by atoms with Crippen LogP contribution in [0.2, 0.25) is 0 Å². The first-order valence-electron chi connectivity index (χ1n) is 6.73. The molecule has 104 valence electrons. The van der Waals surface area contributed by atoms with Gasteiger partial charge in [-0.3, -0.25) is 0 Å². The second kappa shape index (κ2) is 6.68. The van der Waals surface area contributed by atoms with Gasteiger partial charge in [0.2, 0.25) is 0 Å². The lowest BCUT2D eigenvalue weighted by Gasteiger charge is -2.27. The summed E-state index contributed by atoms with van der Waals surface area (Å²) in [7, 11) is 2.07. The quantitative estimate of drug-likeness (QED) is 0.885. The molecule has 2 rings (SSSR count). The zero-order valence-electron chi connectivity index (χ0n) is 11.3. The minimum Gasteiger partial charge on any atom is -0.478 e. The Morgan fingerprint density at radius 2 is 2.37 bits per heavy atom. The molecular weight excluding hydrogens is 242 g/mol. The van der Waals surface area contributed by atoms with E-state index in [1.165, 1.54) is 6.42 Å². The number of ether oxygens (including phenoxy) is 1. The lowest BCUT2D eigenvalue weighted by molar-refractivity contribution is 0.0411. The van der Waals surface area contributed by atoms with Crippen molar-refractivity contribution in [2.24, 2.45) is 5.92 Å². The van der Waals surface area contributed by atoms with Crippen LogP contribution < -0.4 is 0 Å². The minimum absolute atomic E-state index is 0.354. The summed E-state index contributed by atoms with van der Waals surface area (Å²) in [6.07, 6.45) is 2.37. The predicted molar refractivity (Wildman–Crippen MR) is 73.3 cm³/mol. The minimum atomic E-state index is -0.870. The molecule has 0 aliphatic carbocycles. The Morgan fingerprint density at radius 3 is 3.05 bits per heavy atom. The number of nitrogens with zero attached hydrogens (tertiary/aromatic N) is 1. The molecule has 19 heavy (non-hydrogen) atoms. The zero-order valence-corrected chi connectivity index (χ0v) is 11.3. The molecule has 1 aliphatic rings. The molecule has 0 saturated carbocycles. The number of carboxylic acids is 1. The summed E-state index contributed by atoms with van der Waals surface area (Å²) in [5.74, 6) is -0.272. The third-order valence-corrected chi connectivity index (χ3v) is 3.45. The van der Waals surface area contributed by atoms with Crippen LogP contribution in [0, 0.1) is 5.92 Å². The normalized spacial score (nSPS) is 19.6. The van der Waals surface area contributed by atoms with Crippen molar-refractivity contribution in [1.29, 1.82) is 0 Å². The summed E-state index contributed by atoms with van der Waals surface area (Å²) in [5.41, 5.74) is 1.39. The van der Waals surface area contributed by atoms with Gasteiger partial charge in [-0.15, -0.1) is 0 Å². The number of benzene rings is 1. The van der Waals surface area contributed by atoms with Crippen LogP contribution in [0.15, 0.2) is 24.3 Å². The van der Waals surface area contributed by atoms with Crippen molar-refractivity contribution < 1.29 is 14.6 Å². The molecule has 0 radical (unpaired) electrons. The summed E-state index contributed by atoms with van der Waals surface area (Å²) >= 11 is 0. The molecule has 1 aromatic carbocycles. The second-order valence-electron chi connectivity index (χ2n) is 5.29. The third kappa shape index (κ3) is 4.33. The Bertz CT molecular complexity index is 427. The SMILES string of the molecule is CN(Cc1cccc(C(=O)O)c1)CC1CCCOC1. The van der Waals surface area contributed by atoms with Crippen LogP contribution >= 0.6 is 0 Å². The number of hydrogen-bond acceptors (Lipinski definition) is 3. The Morgan fingerprint density at radius 1 is 1.53 bits per heavy atom. The lowest BCUT2D eigenvalue weighted by Crippen LogP contribution is -2.30. The fraction of sp³-hybridized carbons (Fsp3) is 0.533. The van der Waals surface area contributed by atoms with E-state index in [0.29, 0.717) is 11.5 Å². The molecule has 0 amide bonds. The first-order valence-corrected chi connectivity index (χ1v) is 6.73. The molecule has 0 aromatic heterocycles. The smallest absolute Gasteiger partial charge is 0.335 e. The van der Waals surface area contributed by atoms with Gasteiger partial charge in [-0.2, -0.15) is 0 Å². The molecule has 1 saturated heterocycles. The lowest BCUT2D eigenvalue weighted by atomic mass is 10.0. The van der Waals surface area contributed by atoms with Gasteiger partial charge in [0, 0.05) is 19.7 Å². The van der Waals surface area contributed by atoms with Gasteiger partial charge >= 0.3 is 5.97 Å². The monoisotopic (exact) mass is 263 g/mol. The third-order valence-electron chi connectivity index (χ3n) is 3.45. The standard InChI is InChI=1S/C15H21NO3/c1-16(10-13-5-3-7-19-11-13)9-12-4-2-6-14(8-12)15(17)18/h2,4,6,8,13H,3,5,7,9-11H2,1H3,(H,17,18). The molecule has 0 bridgehead atoms. The average Bonchev–Trinajstić information content (AvgIpc) is 2.40. The number of hydrogen-bond donors (Lipinski definition) is 1. The highest BCUT2D eigenvalue weighted by molar-refractivity contribution is 5.87. The highest BCUT2D eigenvalue weighted by atomic mass is 16.5. The summed E-state index contributed by atoms with van der Waals surface area (Å²) in [5, 5.41) is 8.97. The number of carboxylic acid groups (broad SMARTS) is 1. The topological polar surface area (TPSA) is 49.8 Å². The fourth-order valence-electron chi connectivity index (χ4n) is 2.57. The maximum Gasteiger partial charge on any atom is 0.335 e. The van der Waals surface area contributed by atoms with Gasteiger partial charge < -0.3 is 14.7 Å². The Balaban J connectivity index is 1.88. The first kappa shape index (κ1) is 14.0. The fourth-order valence-corrected chi connectivity index (χ4v) is 2.57. The second-order valence-corrected chi connectivity index (χ2v) is 5.29. The van der Waals surface area contributed by atoms with Crippen molar-refractivity contribution in [3.05, 3.63) is 35.4 Å². The van der Waals surface area contributed by atoms with E-state index in [-0.39, 0.29) is 0 Å². The van der Waals surface area contributed by atoms with Gasteiger partial charge in [-0.1, -0.05) is 12.1 Å². The Hall–Kier alpha value is -1.39. The summed E-state index contributed by atoms with van der Waals surface area (Å²) < 4.78 is 5.48. The van der Waals surface area contributed by atoms with E-state index in [9.17, 15) is 4.79 Å². The molecule has 1 aliphatic heterocycles. The maximum atomic E-state index is 10.9. The molecule has 1 N–H and O–H groups in total. The van der Waals surface area contributed by atoms with Gasteiger partial charge in [0.1, 0.15) is 0 Å². The van der Waals surface area contributed by atoms with Crippen LogP contribution in [-0.2, 0) is 11.3 Å². The maximum absolute atomic E-state index is 10.9. The van der Waals surface area contributed by atoms with Crippen molar-refractivity contribution in [2.75, 3.05) is 26.8 Å².